The second kappa shape index (κ2) is 7.51. The largest absolute Gasteiger partial charge is 0.490 e. The molecule has 0 aliphatic heterocycles. The van der Waals surface area contributed by atoms with Gasteiger partial charge < -0.3 is 9.47 Å². The Bertz CT molecular complexity index is 712. The second-order valence-corrected chi connectivity index (χ2v) is 6.65. The summed E-state index contributed by atoms with van der Waals surface area (Å²) < 4.78 is 11.9. The van der Waals surface area contributed by atoms with Gasteiger partial charge >= 0.3 is 0 Å². The topological polar surface area (TPSA) is 42.2 Å². The summed E-state index contributed by atoms with van der Waals surface area (Å²) in [5.41, 5.74) is 2.98. The van der Waals surface area contributed by atoms with E-state index in [2.05, 4.69) is 32.0 Å². The van der Waals surface area contributed by atoms with Gasteiger partial charge in [0.2, 0.25) is 0 Å². The number of ether oxygens (including phenoxy) is 2. The Labute approximate surface area is 143 Å². The molecule has 0 unspecified atom stereocenters. The summed E-state index contributed by atoms with van der Waals surface area (Å²) >= 11 is 0. The molecule has 1 saturated carbocycles. The van der Waals surface area contributed by atoms with Gasteiger partial charge in [0.05, 0.1) is 24.3 Å². The first-order chi connectivity index (χ1) is 11.7. The minimum atomic E-state index is 0.207. The predicted molar refractivity (Wildman–Crippen MR) is 93.9 cm³/mol. The molecule has 1 aliphatic rings. The molecule has 124 valence electrons. The summed E-state index contributed by atoms with van der Waals surface area (Å²) in [4.78, 5) is 0. The number of benzene rings is 2. The van der Waals surface area contributed by atoms with Crippen LogP contribution in [0.5, 0.6) is 5.75 Å². The van der Waals surface area contributed by atoms with Crippen LogP contribution in [0.25, 0.3) is 0 Å². The summed E-state index contributed by atoms with van der Waals surface area (Å²) in [6.45, 7) is 4.85. The number of nitrogens with zero attached hydrogens (tertiary/aromatic N) is 1. The molecule has 2 aromatic carbocycles. The summed E-state index contributed by atoms with van der Waals surface area (Å²) in [6, 6.07) is 18.2. The molecular formula is C21H23NO2. The third-order valence-corrected chi connectivity index (χ3v) is 4.45. The highest BCUT2D eigenvalue weighted by Crippen LogP contribution is 2.31. The molecule has 0 bridgehead atoms. The molecular weight excluding hydrogens is 298 g/mol. The van der Waals surface area contributed by atoms with E-state index in [4.69, 9.17) is 9.47 Å². The number of hydrogen-bond acceptors (Lipinski definition) is 3. The zero-order valence-electron chi connectivity index (χ0n) is 14.2. The van der Waals surface area contributed by atoms with Gasteiger partial charge in [0.25, 0.3) is 0 Å². The van der Waals surface area contributed by atoms with Crippen molar-refractivity contribution in [3.8, 4) is 11.8 Å². The third kappa shape index (κ3) is 3.96. The van der Waals surface area contributed by atoms with E-state index in [1.807, 2.05) is 36.4 Å². The lowest BCUT2D eigenvalue weighted by molar-refractivity contribution is -0.0683. The fourth-order valence-corrected chi connectivity index (χ4v) is 2.92. The Morgan fingerprint density at radius 2 is 1.83 bits per heavy atom. The van der Waals surface area contributed by atoms with Gasteiger partial charge in [-0.05, 0) is 35.2 Å². The quantitative estimate of drug-likeness (QED) is 0.767. The Hall–Kier alpha value is -2.31. The molecule has 0 aromatic heterocycles. The fourth-order valence-electron chi connectivity index (χ4n) is 2.92. The van der Waals surface area contributed by atoms with Crippen LogP contribution in [-0.4, -0.2) is 12.2 Å². The first-order valence-corrected chi connectivity index (χ1v) is 8.52. The van der Waals surface area contributed by atoms with Gasteiger partial charge in [0.15, 0.2) is 0 Å². The van der Waals surface area contributed by atoms with Crippen molar-refractivity contribution in [2.75, 3.05) is 0 Å². The molecule has 0 atom stereocenters. The highest BCUT2D eigenvalue weighted by atomic mass is 16.5. The molecule has 3 nitrogen and oxygen atoms in total. The minimum Gasteiger partial charge on any atom is -0.490 e. The second-order valence-electron chi connectivity index (χ2n) is 6.65. The average Bonchev–Trinajstić information content (AvgIpc) is 2.57. The van der Waals surface area contributed by atoms with Crippen molar-refractivity contribution in [3.05, 3.63) is 65.2 Å². The van der Waals surface area contributed by atoms with Crippen LogP contribution in [0.2, 0.25) is 0 Å². The maximum absolute atomic E-state index is 9.18. The van der Waals surface area contributed by atoms with Crippen molar-refractivity contribution in [2.45, 2.75) is 51.4 Å². The highest BCUT2D eigenvalue weighted by Gasteiger charge is 2.31. The Morgan fingerprint density at radius 3 is 2.50 bits per heavy atom. The third-order valence-electron chi connectivity index (χ3n) is 4.45. The Morgan fingerprint density at radius 1 is 1.08 bits per heavy atom. The first-order valence-electron chi connectivity index (χ1n) is 8.52. The molecule has 0 radical (unpaired) electrons. The lowest BCUT2D eigenvalue weighted by Crippen LogP contribution is -2.39. The van der Waals surface area contributed by atoms with E-state index in [1.54, 1.807) is 0 Å². The van der Waals surface area contributed by atoms with E-state index < -0.39 is 0 Å². The van der Waals surface area contributed by atoms with Crippen LogP contribution in [0.1, 0.15) is 49.3 Å². The number of hydrogen-bond donors (Lipinski definition) is 0. The average molecular weight is 321 g/mol. The van der Waals surface area contributed by atoms with Crippen LogP contribution in [0.15, 0.2) is 48.5 Å². The molecule has 3 rings (SSSR count). The van der Waals surface area contributed by atoms with Gasteiger partial charge in [-0.15, -0.1) is 0 Å². The predicted octanol–water partition coefficient (Wildman–Crippen LogP) is 4.81. The molecule has 1 aliphatic carbocycles. The van der Waals surface area contributed by atoms with E-state index in [-0.39, 0.29) is 12.2 Å². The van der Waals surface area contributed by atoms with E-state index in [1.165, 1.54) is 5.56 Å². The summed E-state index contributed by atoms with van der Waals surface area (Å²) in [5, 5.41) is 9.18. The lowest BCUT2D eigenvalue weighted by atomic mass is 9.91. The van der Waals surface area contributed by atoms with E-state index in [9.17, 15) is 5.26 Å². The van der Waals surface area contributed by atoms with Gasteiger partial charge in [-0.1, -0.05) is 44.2 Å². The van der Waals surface area contributed by atoms with Gasteiger partial charge in [-0.25, -0.2) is 0 Å². The van der Waals surface area contributed by atoms with Crippen LogP contribution in [0.4, 0.5) is 0 Å². The van der Waals surface area contributed by atoms with E-state index >= 15 is 0 Å². The van der Waals surface area contributed by atoms with E-state index in [0.29, 0.717) is 12.5 Å². The molecule has 0 saturated heterocycles. The molecule has 0 spiro atoms. The van der Waals surface area contributed by atoms with Crippen LogP contribution in [0.3, 0.4) is 0 Å². The van der Waals surface area contributed by atoms with Crippen LogP contribution in [-0.2, 0) is 11.3 Å². The molecule has 0 N–H and O–H groups in total. The molecule has 3 heteroatoms. The molecule has 24 heavy (non-hydrogen) atoms. The van der Waals surface area contributed by atoms with Crippen molar-refractivity contribution >= 4 is 0 Å². The number of nitriles is 1. The maximum Gasteiger partial charge on any atom is 0.120 e. The van der Waals surface area contributed by atoms with Crippen molar-refractivity contribution < 1.29 is 9.47 Å². The molecule has 0 amide bonds. The fraction of sp³-hybridized carbons (Fsp3) is 0.381. The zero-order chi connectivity index (χ0) is 16.9. The van der Waals surface area contributed by atoms with Gasteiger partial charge in [0.1, 0.15) is 11.9 Å². The van der Waals surface area contributed by atoms with Gasteiger partial charge in [-0.3, -0.25) is 0 Å². The van der Waals surface area contributed by atoms with Crippen molar-refractivity contribution in [3.63, 3.8) is 0 Å². The molecule has 0 heterocycles. The smallest absolute Gasteiger partial charge is 0.120 e. The first kappa shape index (κ1) is 16.5. The van der Waals surface area contributed by atoms with Crippen LogP contribution in [0, 0.1) is 11.3 Å². The minimum absolute atomic E-state index is 0.207. The summed E-state index contributed by atoms with van der Waals surface area (Å²) in [5.74, 6) is 1.16. The van der Waals surface area contributed by atoms with Crippen LogP contribution < -0.4 is 4.74 Å². The summed E-state index contributed by atoms with van der Waals surface area (Å²) in [6.07, 6.45) is 2.32. The lowest BCUT2D eigenvalue weighted by Gasteiger charge is -2.35. The Kier molecular flexibility index (Phi) is 5.17. The van der Waals surface area contributed by atoms with Crippen molar-refractivity contribution in [1.29, 1.82) is 5.26 Å². The number of rotatable bonds is 6. The summed E-state index contributed by atoms with van der Waals surface area (Å²) in [7, 11) is 0. The zero-order valence-corrected chi connectivity index (χ0v) is 14.2. The molecule has 2 aromatic rings. The highest BCUT2D eigenvalue weighted by molar-refractivity contribution is 5.44. The normalized spacial score (nSPS) is 19.6. The van der Waals surface area contributed by atoms with Gasteiger partial charge in [0, 0.05) is 12.8 Å². The Balaban J connectivity index is 1.49. The molecule has 1 fully saturated rings. The SMILES string of the molecule is CC(C)c1cc(OC2CC(OCc3ccccc3)C2)ccc1C#N. The van der Waals surface area contributed by atoms with Crippen molar-refractivity contribution in [1.82, 2.24) is 0 Å². The maximum atomic E-state index is 9.18. The standard InChI is InChI=1S/C21H23NO2/c1-15(2)21-12-18(9-8-17(21)13-22)24-20-10-19(11-20)23-14-16-6-4-3-5-7-16/h3-9,12,15,19-20H,10-11,14H2,1-2H3. The van der Waals surface area contributed by atoms with Crippen molar-refractivity contribution in [2.24, 2.45) is 0 Å². The van der Waals surface area contributed by atoms with Gasteiger partial charge in [-0.2, -0.15) is 5.26 Å². The van der Waals surface area contributed by atoms with E-state index in [0.717, 1.165) is 29.7 Å². The monoisotopic (exact) mass is 321 g/mol. The van der Waals surface area contributed by atoms with Crippen LogP contribution >= 0.6 is 0 Å².